The van der Waals surface area contributed by atoms with Gasteiger partial charge in [0.1, 0.15) is 5.03 Å². The molecule has 5 heteroatoms. The zero-order chi connectivity index (χ0) is 12.3. The molecule has 0 bridgehead atoms. The zero-order valence-electron chi connectivity index (χ0n) is 8.73. The Hall–Kier alpha value is -0.360. The average molecular weight is 375 g/mol. The number of aliphatic hydroxyl groups excluding tert-OH is 1. The highest BCUT2D eigenvalue weighted by Crippen LogP contribution is 2.33. The van der Waals surface area contributed by atoms with Gasteiger partial charge in [-0.3, -0.25) is 0 Å². The SMILES string of the molecule is OCc1ccc(Sc2ncccc2Br)cc1Br. The van der Waals surface area contributed by atoms with Crippen molar-refractivity contribution < 1.29 is 5.11 Å². The third-order valence-electron chi connectivity index (χ3n) is 2.13. The van der Waals surface area contributed by atoms with E-state index in [2.05, 4.69) is 36.8 Å². The Morgan fingerprint density at radius 1 is 1.18 bits per heavy atom. The lowest BCUT2D eigenvalue weighted by molar-refractivity contribution is 0.281. The molecule has 1 aromatic carbocycles. The summed E-state index contributed by atoms with van der Waals surface area (Å²) in [6.07, 6.45) is 1.77. The molecule has 0 saturated heterocycles. The maximum atomic E-state index is 9.09. The van der Waals surface area contributed by atoms with Gasteiger partial charge in [-0.25, -0.2) is 4.98 Å². The summed E-state index contributed by atoms with van der Waals surface area (Å²) < 4.78 is 1.89. The van der Waals surface area contributed by atoms with E-state index < -0.39 is 0 Å². The molecule has 0 radical (unpaired) electrons. The van der Waals surface area contributed by atoms with Crippen molar-refractivity contribution in [3.05, 3.63) is 51.0 Å². The summed E-state index contributed by atoms with van der Waals surface area (Å²) in [5.74, 6) is 0. The first-order chi connectivity index (χ1) is 8.20. The van der Waals surface area contributed by atoms with Gasteiger partial charge in [-0.2, -0.15) is 0 Å². The maximum Gasteiger partial charge on any atom is 0.115 e. The third kappa shape index (κ3) is 3.31. The second-order valence-corrected chi connectivity index (χ2v) is 6.07. The maximum absolute atomic E-state index is 9.09. The molecule has 2 nitrogen and oxygen atoms in total. The van der Waals surface area contributed by atoms with E-state index in [1.165, 1.54) is 0 Å². The summed E-state index contributed by atoms with van der Waals surface area (Å²) in [5, 5.41) is 10.0. The molecule has 0 aliphatic rings. The lowest BCUT2D eigenvalue weighted by atomic mass is 10.2. The van der Waals surface area contributed by atoms with E-state index in [-0.39, 0.29) is 6.61 Å². The van der Waals surface area contributed by atoms with Crippen molar-refractivity contribution in [1.82, 2.24) is 4.98 Å². The third-order valence-corrected chi connectivity index (χ3v) is 4.78. The first-order valence-electron chi connectivity index (χ1n) is 4.88. The average Bonchev–Trinajstić information content (AvgIpc) is 2.32. The normalized spacial score (nSPS) is 10.5. The number of halogens is 2. The summed E-state index contributed by atoms with van der Waals surface area (Å²) >= 11 is 8.48. The fourth-order valence-electron chi connectivity index (χ4n) is 1.28. The van der Waals surface area contributed by atoms with Crippen LogP contribution in [0.25, 0.3) is 0 Å². The summed E-state index contributed by atoms with van der Waals surface area (Å²) in [6, 6.07) is 9.72. The van der Waals surface area contributed by atoms with E-state index in [1.807, 2.05) is 30.3 Å². The number of hydrogen-bond donors (Lipinski definition) is 1. The summed E-state index contributed by atoms with van der Waals surface area (Å²) in [6.45, 7) is 0.0405. The second kappa shape index (κ2) is 6.00. The van der Waals surface area contributed by atoms with Gasteiger partial charge in [0.2, 0.25) is 0 Å². The second-order valence-electron chi connectivity index (χ2n) is 3.30. The molecular weight excluding hydrogens is 366 g/mol. The molecule has 2 rings (SSSR count). The van der Waals surface area contributed by atoms with Crippen molar-refractivity contribution in [2.45, 2.75) is 16.5 Å². The van der Waals surface area contributed by atoms with Crippen LogP contribution in [0.4, 0.5) is 0 Å². The Kier molecular flexibility index (Phi) is 4.62. The highest BCUT2D eigenvalue weighted by atomic mass is 79.9. The Bertz CT molecular complexity index is 534. The predicted molar refractivity (Wildman–Crippen MR) is 76.1 cm³/mol. The number of nitrogens with zero attached hydrogens (tertiary/aromatic N) is 1. The highest BCUT2D eigenvalue weighted by molar-refractivity contribution is 9.10. The first-order valence-corrected chi connectivity index (χ1v) is 7.28. The Balaban J connectivity index is 2.25. The molecule has 0 spiro atoms. The summed E-state index contributed by atoms with van der Waals surface area (Å²) in [4.78, 5) is 5.37. The molecule has 0 saturated carbocycles. The molecule has 0 unspecified atom stereocenters. The number of hydrogen-bond acceptors (Lipinski definition) is 3. The van der Waals surface area contributed by atoms with Crippen LogP contribution in [0.3, 0.4) is 0 Å². The van der Waals surface area contributed by atoms with E-state index in [0.717, 1.165) is 24.4 Å². The molecule has 17 heavy (non-hydrogen) atoms. The fourth-order valence-corrected chi connectivity index (χ4v) is 3.25. The van der Waals surface area contributed by atoms with Crippen LogP contribution in [0.1, 0.15) is 5.56 Å². The Morgan fingerprint density at radius 3 is 2.65 bits per heavy atom. The standard InChI is InChI=1S/C12H9Br2NOS/c13-10-2-1-5-15-12(10)17-9-4-3-8(7-16)11(14)6-9/h1-6,16H,7H2. The van der Waals surface area contributed by atoms with E-state index in [0.29, 0.717) is 0 Å². The van der Waals surface area contributed by atoms with Gasteiger partial charge in [-0.1, -0.05) is 33.8 Å². The van der Waals surface area contributed by atoms with Crippen molar-refractivity contribution in [3.8, 4) is 0 Å². The minimum absolute atomic E-state index is 0.0405. The quantitative estimate of drug-likeness (QED) is 0.871. The van der Waals surface area contributed by atoms with E-state index in [9.17, 15) is 0 Å². The van der Waals surface area contributed by atoms with Gasteiger partial charge in [0, 0.05) is 15.6 Å². The van der Waals surface area contributed by atoms with Gasteiger partial charge in [0.05, 0.1) is 11.1 Å². The molecule has 1 N–H and O–H groups in total. The van der Waals surface area contributed by atoms with E-state index in [1.54, 1.807) is 18.0 Å². The van der Waals surface area contributed by atoms with Crippen LogP contribution in [0.2, 0.25) is 0 Å². The van der Waals surface area contributed by atoms with Gasteiger partial charge in [-0.15, -0.1) is 0 Å². The van der Waals surface area contributed by atoms with Crippen LogP contribution in [0.15, 0.2) is 55.4 Å². The molecule has 0 fully saturated rings. The molecule has 0 aliphatic carbocycles. The van der Waals surface area contributed by atoms with Crippen molar-refractivity contribution in [2.75, 3.05) is 0 Å². The van der Waals surface area contributed by atoms with E-state index >= 15 is 0 Å². The molecule has 0 amide bonds. The molecule has 1 aromatic heterocycles. The minimum Gasteiger partial charge on any atom is -0.392 e. The topological polar surface area (TPSA) is 33.1 Å². The first kappa shape index (κ1) is 13.1. The molecule has 1 heterocycles. The van der Waals surface area contributed by atoms with Crippen LogP contribution < -0.4 is 0 Å². The molecule has 0 atom stereocenters. The van der Waals surface area contributed by atoms with Crippen molar-refractivity contribution in [1.29, 1.82) is 0 Å². The molecular formula is C12H9Br2NOS. The summed E-state index contributed by atoms with van der Waals surface area (Å²) in [5.41, 5.74) is 0.884. The molecule has 88 valence electrons. The van der Waals surface area contributed by atoms with Gasteiger partial charge >= 0.3 is 0 Å². The molecule has 2 aromatic rings. The van der Waals surface area contributed by atoms with Crippen LogP contribution in [-0.2, 0) is 6.61 Å². The van der Waals surface area contributed by atoms with Gasteiger partial charge in [0.25, 0.3) is 0 Å². The van der Waals surface area contributed by atoms with Gasteiger partial charge in [-0.05, 0) is 45.8 Å². The number of pyridine rings is 1. The smallest absolute Gasteiger partial charge is 0.115 e. The number of aromatic nitrogens is 1. The minimum atomic E-state index is 0.0405. The lowest BCUT2D eigenvalue weighted by Gasteiger charge is -2.05. The number of rotatable bonds is 3. The zero-order valence-corrected chi connectivity index (χ0v) is 12.7. The van der Waals surface area contributed by atoms with Crippen molar-refractivity contribution in [2.24, 2.45) is 0 Å². The highest BCUT2D eigenvalue weighted by Gasteiger charge is 2.05. The monoisotopic (exact) mass is 373 g/mol. The Morgan fingerprint density at radius 2 is 2.00 bits per heavy atom. The van der Waals surface area contributed by atoms with Crippen LogP contribution in [0, 0.1) is 0 Å². The van der Waals surface area contributed by atoms with Gasteiger partial charge < -0.3 is 5.11 Å². The van der Waals surface area contributed by atoms with E-state index in [4.69, 9.17) is 5.11 Å². The van der Waals surface area contributed by atoms with Gasteiger partial charge in [0.15, 0.2) is 0 Å². The van der Waals surface area contributed by atoms with Crippen molar-refractivity contribution in [3.63, 3.8) is 0 Å². The van der Waals surface area contributed by atoms with Crippen molar-refractivity contribution >= 4 is 43.6 Å². The summed E-state index contributed by atoms with van der Waals surface area (Å²) in [7, 11) is 0. The Labute approximate surface area is 121 Å². The largest absolute Gasteiger partial charge is 0.392 e. The lowest BCUT2D eigenvalue weighted by Crippen LogP contribution is -1.86. The van der Waals surface area contributed by atoms with Crippen LogP contribution >= 0.6 is 43.6 Å². The number of benzene rings is 1. The number of aliphatic hydroxyl groups is 1. The molecule has 0 aliphatic heterocycles. The fraction of sp³-hybridized carbons (Fsp3) is 0.0833. The predicted octanol–water partition coefficient (Wildman–Crippen LogP) is 4.25. The van der Waals surface area contributed by atoms with Crippen LogP contribution in [-0.4, -0.2) is 10.1 Å². The van der Waals surface area contributed by atoms with Crippen LogP contribution in [0.5, 0.6) is 0 Å².